The second-order valence-corrected chi connectivity index (χ2v) is 9.57. The zero-order valence-corrected chi connectivity index (χ0v) is 20.4. The van der Waals surface area contributed by atoms with E-state index in [2.05, 4.69) is 81.3 Å². The third-order valence-electron chi connectivity index (χ3n) is 7.61. The van der Waals surface area contributed by atoms with E-state index in [9.17, 15) is 4.79 Å². The first-order valence-corrected chi connectivity index (χ1v) is 12.6. The van der Waals surface area contributed by atoms with Crippen LogP contribution in [0.1, 0.15) is 19.8 Å². The number of hydrogen-bond donors (Lipinski definition) is 0. The Balaban J connectivity index is 1.35. The fourth-order valence-electron chi connectivity index (χ4n) is 5.35. The van der Waals surface area contributed by atoms with E-state index in [0.29, 0.717) is 12.5 Å². The quantitative estimate of drug-likeness (QED) is 0.505. The number of nitrogens with zero attached hydrogens (tertiary/aromatic N) is 6. The number of aldehydes is 1. The molecule has 7 heteroatoms. The number of fused-ring (bicyclic) bond motifs is 1. The van der Waals surface area contributed by atoms with Gasteiger partial charge in [0, 0.05) is 81.9 Å². The zero-order chi connectivity index (χ0) is 23.5. The molecule has 0 amide bonds. The number of anilines is 2. The van der Waals surface area contributed by atoms with E-state index in [1.165, 1.54) is 22.5 Å². The topological polar surface area (TPSA) is 47.3 Å². The van der Waals surface area contributed by atoms with E-state index >= 15 is 0 Å². The fourth-order valence-corrected chi connectivity index (χ4v) is 5.35. The van der Waals surface area contributed by atoms with Crippen molar-refractivity contribution in [2.24, 2.45) is 0 Å². The summed E-state index contributed by atoms with van der Waals surface area (Å²) < 4.78 is 2.00. The van der Waals surface area contributed by atoms with Crippen molar-refractivity contribution >= 4 is 23.2 Å². The van der Waals surface area contributed by atoms with Gasteiger partial charge in [0.25, 0.3) is 0 Å². The first kappa shape index (κ1) is 22.9. The monoisotopic (exact) mass is 460 g/mol. The zero-order valence-electron chi connectivity index (χ0n) is 20.4. The van der Waals surface area contributed by atoms with E-state index in [-0.39, 0.29) is 0 Å². The average molecular weight is 461 g/mol. The third-order valence-corrected chi connectivity index (χ3v) is 7.61. The number of carbonyl (C=O) groups excluding carboxylic acids is 1. The molecule has 0 aliphatic carbocycles. The van der Waals surface area contributed by atoms with Gasteiger partial charge in [-0.25, -0.2) is 4.52 Å². The Morgan fingerprint density at radius 3 is 2.47 bits per heavy atom. The molecule has 1 atom stereocenters. The van der Waals surface area contributed by atoms with Crippen LogP contribution in [-0.4, -0.2) is 91.1 Å². The maximum Gasteiger partial charge on any atom is 0.120 e. The third kappa shape index (κ3) is 4.68. The van der Waals surface area contributed by atoms with Gasteiger partial charge in [0.1, 0.15) is 6.29 Å². The molecule has 2 fully saturated rings. The lowest BCUT2D eigenvalue weighted by Gasteiger charge is -2.40. The SMILES string of the molecule is CCN1CCN(c2ccc(-c3cc4c(N5CCN(C)C(CCC=O)C5)ccnn4c3)cc2)CC1. The maximum atomic E-state index is 10.9. The standard InChI is InChI=1S/C27H36N6O/c1-3-30-13-16-31(17-14-30)24-8-6-22(7-9-24)23-19-27-26(10-11-28-33(27)20-23)32-15-12-29(2)25(21-32)5-4-18-34/h6-11,18-20,25H,3-5,12-17,21H2,1-2H3. The highest BCUT2D eigenvalue weighted by Crippen LogP contribution is 2.31. The van der Waals surface area contributed by atoms with Crippen LogP contribution in [0.5, 0.6) is 0 Å². The second-order valence-electron chi connectivity index (χ2n) is 9.57. The van der Waals surface area contributed by atoms with E-state index in [1.807, 2.05) is 10.7 Å². The number of carbonyl (C=O) groups is 1. The number of rotatable bonds is 7. The predicted octanol–water partition coefficient (Wildman–Crippen LogP) is 3.24. The van der Waals surface area contributed by atoms with Gasteiger partial charge in [0.2, 0.25) is 0 Å². The molecule has 0 N–H and O–H groups in total. The maximum absolute atomic E-state index is 10.9. The minimum atomic E-state index is 0.397. The van der Waals surface area contributed by atoms with Gasteiger partial charge in [0.05, 0.1) is 11.2 Å². The summed E-state index contributed by atoms with van der Waals surface area (Å²) in [6.45, 7) is 10.8. The summed E-state index contributed by atoms with van der Waals surface area (Å²) in [5, 5.41) is 4.59. The molecule has 0 radical (unpaired) electrons. The van der Waals surface area contributed by atoms with Crippen molar-refractivity contribution in [1.29, 1.82) is 0 Å². The number of piperazine rings is 2. The molecule has 7 nitrogen and oxygen atoms in total. The Morgan fingerprint density at radius 2 is 1.74 bits per heavy atom. The number of benzene rings is 1. The summed E-state index contributed by atoms with van der Waals surface area (Å²) in [4.78, 5) is 20.7. The Kier molecular flexibility index (Phi) is 6.83. The van der Waals surface area contributed by atoms with E-state index < -0.39 is 0 Å². The van der Waals surface area contributed by atoms with Crippen LogP contribution in [-0.2, 0) is 4.79 Å². The summed E-state index contributed by atoms with van der Waals surface area (Å²) >= 11 is 0. The predicted molar refractivity (Wildman–Crippen MR) is 139 cm³/mol. The largest absolute Gasteiger partial charge is 0.369 e. The van der Waals surface area contributed by atoms with Gasteiger partial charge in [-0.3, -0.25) is 4.90 Å². The summed E-state index contributed by atoms with van der Waals surface area (Å²) in [6.07, 6.45) is 6.59. The van der Waals surface area contributed by atoms with E-state index in [4.69, 9.17) is 0 Å². The van der Waals surface area contributed by atoms with Crippen molar-refractivity contribution in [2.45, 2.75) is 25.8 Å². The van der Waals surface area contributed by atoms with Crippen molar-refractivity contribution in [1.82, 2.24) is 19.4 Å². The molecular formula is C27H36N6O. The van der Waals surface area contributed by atoms with Gasteiger partial charge in [-0.1, -0.05) is 19.1 Å². The molecule has 5 rings (SSSR count). The average Bonchev–Trinajstić information content (AvgIpc) is 3.33. The molecule has 34 heavy (non-hydrogen) atoms. The van der Waals surface area contributed by atoms with E-state index in [1.54, 1.807) is 0 Å². The van der Waals surface area contributed by atoms with Gasteiger partial charge in [-0.15, -0.1) is 0 Å². The number of hydrogen-bond acceptors (Lipinski definition) is 6. The molecule has 0 saturated carbocycles. The molecule has 4 heterocycles. The van der Waals surface area contributed by atoms with Crippen molar-refractivity contribution in [3.63, 3.8) is 0 Å². The first-order chi connectivity index (χ1) is 16.7. The second kappa shape index (κ2) is 10.2. The number of aromatic nitrogens is 2. The van der Waals surface area contributed by atoms with Crippen molar-refractivity contribution in [2.75, 3.05) is 69.2 Å². The molecule has 180 valence electrons. The molecule has 2 aliphatic rings. The summed E-state index contributed by atoms with van der Waals surface area (Å²) in [5.74, 6) is 0. The molecule has 0 spiro atoms. The van der Waals surface area contributed by atoms with Crippen molar-refractivity contribution in [3.8, 4) is 11.1 Å². The van der Waals surface area contributed by atoms with Crippen molar-refractivity contribution < 1.29 is 4.79 Å². The Morgan fingerprint density at radius 1 is 0.971 bits per heavy atom. The first-order valence-electron chi connectivity index (χ1n) is 12.6. The van der Waals surface area contributed by atoms with Gasteiger partial charge in [-0.05, 0) is 49.8 Å². The highest BCUT2D eigenvalue weighted by Gasteiger charge is 2.25. The van der Waals surface area contributed by atoms with Crippen LogP contribution in [0.2, 0.25) is 0 Å². The summed E-state index contributed by atoms with van der Waals surface area (Å²) in [7, 11) is 2.16. The van der Waals surface area contributed by atoms with Gasteiger partial charge < -0.3 is 19.5 Å². The molecule has 1 aromatic carbocycles. The Hall–Kier alpha value is -2.90. The highest BCUT2D eigenvalue weighted by atomic mass is 16.1. The lowest BCUT2D eigenvalue weighted by Crippen LogP contribution is -2.51. The molecule has 2 aromatic heterocycles. The Labute approximate surface area is 202 Å². The van der Waals surface area contributed by atoms with Crippen LogP contribution in [0.3, 0.4) is 0 Å². The van der Waals surface area contributed by atoms with Crippen LogP contribution in [0.15, 0.2) is 48.8 Å². The van der Waals surface area contributed by atoms with Crippen LogP contribution < -0.4 is 9.80 Å². The smallest absolute Gasteiger partial charge is 0.120 e. The molecule has 2 saturated heterocycles. The fraction of sp³-hybridized carbons (Fsp3) is 0.481. The molecular weight excluding hydrogens is 424 g/mol. The van der Waals surface area contributed by atoms with Crippen LogP contribution in [0, 0.1) is 0 Å². The molecule has 3 aromatic rings. The Bertz CT molecular complexity index is 1100. The van der Waals surface area contributed by atoms with E-state index in [0.717, 1.165) is 70.6 Å². The normalized spacial score (nSPS) is 20.2. The van der Waals surface area contributed by atoms with Crippen LogP contribution >= 0.6 is 0 Å². The molecule has 2 aliphatic heterocycles. The summed E-state index contributed by atoms with van der Waals surface area (Å²) in [5.41, 5.74) is 6.07. The van der Waals surface area contributed by atoms with Gasteiger partial charge >= 0.3 is 0 Å². The lowest BCUT2D eigenvalue weighted by atomic mass is 10.1. The van der Waals surface area contributed by atoms with Crippen LogP contribution in [0.4, 0.5) is 11.4 Å². The summed E-state index contributed by atoms with van der Waals surface area (Å²) in [6, 6.07) is 13.8. The number of likely N-dealkylation sites (N-methyl/N-ethyl adjacent to an activating group) is 2. The van der Waals surface area contributed by atoms with Gasteiger partial charge in [0.15, 0.2) is 0 Å². The molecule has 1 unspecified atom stereocenters. The van der Waals surface area contributed by atoms with Crippen LogP contribution in [0.25, 0.3) is 16.6 Å². The minimum Gasteiger partial charge on any atom is -0.369 e. The minimum absolute atomic E-state index is 0.397. The van der Waals surface area contributed by atoms with Crippen molar-refractivity contribution in [3.05, 3.63) is 48.8 Å². The molecule has 0 bridgehead atoms. The lowest BCUT2D eigenvalue weighted by molar-refractivity contribution is -0.108. The van der Waals surface area contributed by atoms with Gasteiger partial charge in [-0.2, -0.15) is 5.10 Å². The highest BCUT2D eigenvalue weighted by molar-refractivity contribution is 5.80.